The van der Waals surface area contributed by atoms with Gasteiger partial charge in [0, 0.05) is 0 Å². The maximum Gasteiger partial charge on any atom is 0.391 e. The zero-order valence-corrected chi connectivity index (χ0v) is 9.47. The zero-order chi connectivity index (χ0) is 11.6. The fourth-order valence-electron chi connectivity index (χ4n) is 2.30. The lowest BCUT2D eigenvalue weighted by atomic mass is 9.80. The van der Waals surface area contributed by atoms with Crippen LogP contribution in [0.1, 0.15) is 40.0 Å². The Morgan fingerprint density at radius 3 is 2.20 bits per heavy atom. The molecular formula is C11H19F3O. The average molecular weight is 224 g/mol. The van der Waals surface area contributed by atoms with Crippen LogP contribution in [0, 0.1) is 11.8 Å². The largest absolute Gasteiger partial charge is 0.391 e. The molecule has 0 aromatic heterocycles. The Morgan fingerprint density at radius 2 is 1.73 bits per heavy atom. The Hall–Kier alpha value is -0.250. The van der Waals surface area contributed by atoms with Gasteiger partial charge in [-0.05, 0) is 39.0 Å². The minimum absolute atomic E-state index is 0.00850. The molecule has 0 aliphatic heterocycles. The molecule has 0 aromatic rings. The summed E-state index contributed by atoms with van der Waals surface area (Å²) in [5.41, 5.74) is 0. The third kappa shape index (κ3) is 4.01. The number of halogens is 3. The number of hydrogen-bond donors (Lipinski definition) is 0. The molecule has 90 valence electrons. The molecule has 0 saturated heterocycles. The van der Waals surface area contributed by atoms with E-state index in [1.807, 2.05) is 20.8 Å². The number of rotatable bonds is 2. The predicted molar refractivity (Wildman–Crippen MR) is 52.6 cm³/mol. The van der Waals surface area contributed by atoms with Crippen LogP contribution < -0.4 is 0 Å². The van der Waals surface area contributed by atoms with Gasteiger partial charge in [-0.25, -0.2) is 0 Å². The highest BCUT2D eigenvalue weighted by atomic mass is 19.4. The van der Waals surface area contributed by atoms with E-state index < -0.39 is 12.1 Å². The van der Waals surface area contributed by atoms with Crippen LogP contribution in [0.4, 0.5) is 13.2 Å². The summed E-state index contributed by atoms with van der Waals surface area (Å²) in [6, 6.07) is 0. The molecule has 1 aliphatic carbocycles. The van der Waals surface area contributed by atoms with Gasteiger partial charge in [-0.2, -0.15) is 13.2 Å². The highest BCUT2D eigenvalue weighted by molar-refractivity contribution is 4.81. The molecule has 0 radical (unpaired) electrons. The molecule has 3 atom stereocenters. The summed E-state index contributed by atoms with van der Waals surface area (Å²) in [5, 5.41) is 0. The molecule has 0 amide bonds. The van der Waals surface area contributed by atoms with Gasteiger partial charge in [0.2, 0.25) is 0 Å². The standard InChI is InChI=1S/C11H19F3O/c1-7(2)15-10-5-8(3)4-9(6-10)11(12,13)14/h7-10H,4-6H2,1-3H3. The van der Waals surface area contributed by atoms with Gasteiger partial charge in [0.05, 0.1) is 18.1 Å². The Balaban J connectivity index is 2.56. The van der Waals surface area contributed by atoms with Gasteiger partial charge in [-0.15, -0.1) is 0 Å². The van der Waals surface area contributed by atoms with Crippen LogP contribution in [0.15, 0.2) is 0 Å². The highest BCUT2D eigenvalue weighted by Gasteiger charge is 2.44. The average Bonchev–Trinajstić information content (AvgIpc) is 1.99. The summed E-state index contributed by atoms with van der Waals surface area (Å²) < 4.78 is 43.2. The molecule has 1 aliphatic rings. The van der Waals surface area contributed by atoms with Crippen molar-refractivity contribution in [1.82, 2.24) is 0 Å². The van der Waals surface area contributed by atoms with Crippen LogP contribution >= 0.6 is 0 Å². The molecule has 3 unspecified atom stereocenters. The Kier molecular flexibility index (Phi) is 4.04. The lowest BCUT2D eigenvalue weighted by Gasteiger charge is -2.35. The summed E-state index contributed by atoms with van der Waals surface area (Å²) >= 11 is 0. The van der Waals surface area contributed by atoms with E-state index in [0.29, 0.717) is 0 Å². The van der Waals surface area contributed by atoms with E-state index in [2.05, 4.69) is 0 Å². The van der Waals surface area contributed by atoms with Gasteiger partial charge in [-0.3, -0.25) is 0 Å². The van der Waals surface area contributed by atoms with E-state index in [9.17, 15) is 13.2 Å². The van der Waals surface area contributed by atoms with Gasteiger partial charge >= 0.3 is 6.18 Å². The summed E-state index contributed by atoms with van der Waals surface area (Å²) in [7, 11) is 0. The third-order valence-electron chi connectivity index (χ3n) is 2.83. The topological polar surface area (TPSA) is 9.23 Å². The van der Waals surface area contributed by atoms with E-state index in [-0.39, 0.29) is 31.0 Å². The van der Waals surface area contributed by atoms with E-state index in [4.69, 9.17) is 4.74 Å². The number of alkyl halides is 3. The van der Waals surface area contributed by atoms with Gasteiger partial charge in [0.25, 0.3) is 0 Å². The number of hydrogen-bond acceptors (Lipinski definition) is 1. The van der Waals surface area contributed by atoms with Crippen molar-refractivity contribution in [2.75, 3.05) is 0 Å². The lowest BCUT2D eigenvalue weighted by Crippen LogP contribution is -2.36. The zero-order valence-electron chi connectivity index (χ0n) is 9.47. The minimum Gasteiger partial charge on any atom is -0.376 e. The fourth-order valence-corrected chi connectivity index (χ4v) is 2.30. The van der Waals surface area contributed by atoms with Crippen molar-refractivity contribution in [3.63, 3.8) is 0 Å². The maximum atomic E-state index is 12.6. The maximum absolute atomic E-state index is 12.6. The fraction of sp³-hybridized carbons (Fsp3) is 1.00. The Labute approximate surface area is 89.0 Å². The first kappa shape index (κ1) is 12.8. The molecule has 1 rings (SSSR count). The molecular weight excluding hydrogens is 205 g/mol. The van der Waals surface area contributed by atoms with Crippen molar-refractivity contribution < 1.29 is 17.9 Å². The van der Waals surface area contributed by atoms with Gasteiger partial charge in [-0.1, -0.05) is 6.92 Å². The van der Waals surface area contributed by atoms with E-state index in [1.165, 1.54) is 0 Å². The summed E-state index contributed by atoms with van der Waals surface area (Å²) in [6.45, 7) is 5.60. The smallest absolute Gasteiger partial charge is 0.376 e. The van der Waals surface area contributed by atoms with Crippen LogP contribution in [0.3, 0.4) is 0 Å². The van der Waals surface area contributed by atoms with Crippen molar-refractivity contribution in [3.05, 3.63) is 0 Å². The van der Waals surface area contributed by atoms with Crippen LogP contribution in [0.25, 0.3) is 0 Å². The first-order valence-electron chi connectivity index (χ1n) is 5.51. The normalized spacial score (nSPS) is 33.4. The molecule has 1 saturated carbocycles. The second kappa shape index (κ2) is 4.73. The molecule has 1 nitrogen and oxygen atoms in total. The Bertz CT molecular complexity index is 198. The molecule has 0 N–H and O–H groups in total. The van der Waals surface area contributed by atoms with Crippen LogP contribution in [0.5, 0.6) is 0 Å². The first-order valence-corrected chi connectivity index (χ1v) is 5.51. The van der Waals surface area contributed by atoms with E-state index in [0.717, 1.165) is 6.42 Å². The van der Waals surface area contributed by atoms with E-state index >= 15 is 0 Å². The second-order valence-electron chi connectivity index (χ2n) is 4.86. The Morgan fingerprint density at radius 1 is 1.13 bits per heavy atom. The molecule has 0 heterocycles. The second-order valence-corrected chi connectivity index (χ2v) is 4.86. The predicted octanol–water partition coefficient (Wildman–Crippen LogP) is 3.78. The van der Waals surface area contributed by atoms with Crippen molar-refractivity contribution in [1.29, 1.82) is 0 Å². The minimum atomic E-state index is -4.06. The molecule has 4 heteroatoms. The lowest BCUT2D eigenvalue weighted by molar-refractivity contribution is -0.199. The summed E-state index contributed by atoms with van der Waals surface area (Å²) in [4.78, 5) is 0. The van der Waals surface area contributed by atoms with Crippen LogP contribution in [0.2, 0.25) is 0 Å². The van der Waals surface area contributed by atoms with Gasteiger partial charge in [0.15, 0.2) is 0 Å². The quantitative estimate of drug-likeness (QED) is 0.693. The SMILES string of the molecule is CC1CC(OC(C)C)CC(C(F)(F)F)C1. The van der Waals surface area contributed by atoms with Crippen molar-refractivity contribution in [2.24, 2.45) is 11.8 Å². The molecule has 1 fully saturated rings. The van der Waals surface area contributed by atoms with Gasteiger partial charge in [0.1, 0.15) is 0 Å². The first-order chi connectivity index (χ1) is 6.79. The van der Waals surface area contributed by atoms with Gasteiger partial charge < -0.3 is 4.74 Å². The molecule has 0 bridgehead atoms. The van der Waals surface area contributed by atoms with Crippen molar-refractivity contribution >= 4 is 0 Å². The number of ether oxygens (including phenoxy) is 1. The molecule has 0 spiro atoms. The van der Waals surface area contributed by atoms with Crippen molar-refractivity contribution in [2.45, 2.75) is 58.4 Å². The van der Waals surface area contributed by atoms with Crippen LogP contribution in [-0.2, 0) is 4.74 Å². The highest BCUT2D eigenvalue weighted by Crippen LogP contribution is 2.40. The monoisotopic (exact) mass is 224 g/mol. The van der Waals surface area contributed by atoms with E-state index in [1.54, 1.807) is 0 Å². The molecule has 15 heavy (non-hydrogen) atoms. The van der Waals surface area contributed by atoms with Crippen LogP contribution in [-0.4, -0.2) is 18.4 Å². The third-order valence-corrected chi connectivity index (χ3v) is 2.83. The summed E-state index contributed by atoms with van der Waals surface area (Å²) in [5.74, 6) is -1.07. The van der Waals surface area contributed by atoms with Crippen molar-refractivity contribution in [3.8, 4) is 0 Å². The molecule has 0 aromatic carbocycles. The summed E-state index contributed by atoms with van der Waals surface area (Å²) in [6.07, 6.45) is -3.14.